The lowest BCUT2D eigenvalue weighted by atomic mass is 9.89. The van der Waals surface area contributed by atoms with Gasteiger partial charge in [-0.3, -0.25) is 4.79 Å². The van der Waals surface area contributed by atoms with Crippen LogP contribution in [0.3, 0.4) is 0 Å². The maximum absolute atomic E-state index is 12.7. The van der Waals surface area contributed by atoms with E-state index in [1.165, 1.54) is 0 Å². The third kappa shape index (κ3) is 1.46. The SMILES string of the molecule is O=C1c2ccccc2C[C@@H]2C=Cc3ccccc3N12. The van der Waals surface area contributed by atoms with Crippen LogP contribution in [0.5, 0.6) is 0 Å². The highest BCUT2D eigenvalue weighted by molar-refractivity contribution is 6.10. The molecule has 0 aliphatic carbocycles. The van der Waals surface area contributed by atoms with Crippen molar-refractivity contribution in [3.63, 3.8) is 0 Å². The molecule has 1 atom stereocenters. The van der Waals surface area contributed by atoms with Crippen LogP contribution in [0.15, 0.2) is 54.6 Å². The molecule has 2 aliphatic rings. The van der Waals surface area contributed by atoms with Crippen LogP contribution in [0.1, 0.15) is 21.5 Å². The number of nitrogens with zero attached hydrogens (tertiary/aromatic N) is 1. The molecule has 0 fully saturated rings. The minimum absolute atomic E-state index is 0.114. The summed E-state index contributed by atoms with van der Waals surface area (Å²) in [7, 11) is 0. The number of hydrogen-bond donors (Lipinski definition) is 0. The topological polar surface area (TPSA) is 20.3 Å². The van der Waals surface area contributed by atoms with Crippen LogP contribution >= 0.6 is 0 Å². The summed E-state index contributed by atoms with van der Waals surface area (Å²) in [6.45, 7) is 0. The van der Waals surface area contributed by atoms with Gasteiger partial charge in [0.05, 0.1) is 11.7 Å². The summed E-state index contributed by atoms with van der Waals surface area (Å²) < 4.78 is 0. The summed E-state index contributed by atoms with van der Waals surface area (Å²) in [5.74, 6) is 0.114. The predicted octanol–water partition coefficient (Wildman–Crippen LogP) is 3.28. The van der Waals surface area contributed by atoms with Crippen LogP contribution in [0, 0.1) is 0 Å². The molecule has 2 aromatic carbocycles. The lowest BCUT2D eigenvalue weighted by molar-refractivity contribution is 0.0972. The van der Waals surface area contributed by atoms with Gasteiger partial charge in [-0.15, -0.1) is 0 Å². The maximum atomic E-state index is 12.7. The van der Waals surface area contributed by atoms with E-state index in [0.717, 1.165) is 28.8 Å². The molecule has 0 aromatic heterocycles. The number of amides is 1. The van der Waals surface area contributed by atoms with Crippen molar-refractivity contribution in [2.75, 3.05) is 4.90 Å². The van der Waals surface area contributed by atoms with Crippen molar-refractivity contribution in [3.8, 4) is 0 Å². The molecule has 2 aliphatic heterocycles. The molecule has 1 amide bonds. The minimum atomic E-state index is 0.114. The molecule has 0 spiro atoms. The number of hydrogen-bond acceptors (Lipinski definition) is 1. The van der Waals surface area contributed by atoms with Crippen molar-refractivity contribution in [1.82, 2.24) is 0 Å². The fraction of sp³-hybridized carbons (Fsp3) is 0.118. The molecule has 2 nitrogen and oxygen atoms in total. The molecule has 0 saturated heterocycles. The zero-order valence-electron chi connectivity index (χ0n) is 10.4. The number of fused-ring (bicyclic) bond motifs is 4. The molecule has 2 heteroatoms. The quantitative estimate of drug-likeness (QED) is 0.699. The molecule has 4 rings (SSSR count). The standard InChI is InChI=1S/C17H13NO/c19-17-15-7-3-1-6-13(15)11-14-10-9-12-5-2-4-8-16(12)18(14)17/h1-10,14H,11H2/t14-/m0/s1. The summed E-state index contributed by atoms with van der Waals surface area (Å²) >= 11 is 0. The zero-order chi connectivity index (χ0) is 12.8. The molecule has 0 bridgehead atoms. The lowest BCUT2D eigenvalue weighted by Crippen LogP contribution is -2.46. The Labute approximate surface area is 112 Å². The van der Waals surface area contributed by atoms with Crippen molar-refractivity contribution >= 4 is 17.7 Å². The van der Waals surface area contributed by atoms with E-state index in [-0.39, 0.29) is 11.9 Å². The van der Waals surface area contributed by atoms with Crippen LogP contribution in [-0.4, -0.2) is 11.9 Å². The Kier molecular flexibility index (Phi) is 2.12. The summed E-state index contributed by atoms with van der Waals surface area (Å²) in [6, 6.07) is 16.1. The van der Waals surface area contributed by atoms with Gasteiger partial charge in [0, 0.05) is 5.56 Å². The molecule has 0 N–H and O–H groups in total. The first-order valence-corrected chi connectivity index (χ1v) is 6.53. The monoisotopic (exact) mass is 247 g/mol. The number of para-hydroxylation sites is 1. The molecule has 92 valence electrons. The first-order chi connectivity index (χ1) is 9.34. The van der Waals surface area contributed by atoms with Gasteiger partial charge in [-0.25, -0.2) is 0 Å². The predicted molar refractivity (Wildman–Crippen MR) is 76.2 cm³/mol. The van der Waals surface area contributed by atoms with Crippen molar-refractivity contribution in [1.29, 1.82) is 0 Å². The molecule has 2 heterocycles. The molecule has 0 saturated carbocycles. The Morgan fingerprint density at radius 1 is 1.00 bits per heavy atom. The van der Waals surface area contributed by atoms with E-state index < -0.39 is 0 Å². The number of rotatable bonds is 0. The van der Waals surface area contributed by atoms with Crippen molar-refractivity contribution in [3.05, 3.63) is 71.3 Å². The molecular weight excluding hydrogens is 234 g/mol. The number of anilines is 1. The highest BCUT2D eigenvalue weighted by atomic mass is 16.2. The van der Waals surface area contributed by atoms with Gasteiger partial charge in [0.15, 0.2) is 0 Å². The minimum Gasteiger partial charge on any atom is -0.301 e. The van der Waals surface area contributed by atoms with Crippen LogP contribution < -0.4 is 4.90 Å². The van der Waals surface area contributed by atoms with Gasteiger partial charge in [0.25, 0.3) is 5.91 Å². The lowest BCUT2D eigenvalue weighted by Gasteiger charge is -2.38. The molecule has 0 radical (unpaired) electrons. The molecule has 0 unspecified atom stereocenters. The number of carbonyl (C=O) groups excluding carboxylic acids is 1. The Morgan fingerprint density at radius 3 is 2.74 bits per heavy atom. The Morgan fingerprint density at radius 2 is 1.79 bits per heavy atom. The summed E-state index contributed by atoms with van der Waals surface area (Å²) in [5, 5.41) is 0. The van der Waals surface area contributed by atoms with Crippen molar-refractivity contribution < 1.29 is 4.79 Å². The van der Waals surface area contributed by atoms with Crippen LogP contribution in [0.25, 0.3) is 6.08 Å². The summed E-state index contributed by atoms with van der Waals surface area (Å²) in [4.78, 5) is 14.6. The van der Waals surface area contributed by atoms with Crippen LogP contribution in [-0.2, 0) is 6.42 Å². The van der Waals surface area contributed by atoms with E-state index in [2.05, 4.69) is 24.3 Å². The second-order valence-corrected chi connectivity index (χ2v) is 5.02. The van der Waals surface area contributed by atoms with E-state index in [1.54, 1.807) is 0 Å². The van der Waals surface area contributed by atoms with E-state index in [4.69, 9.17) is 0 Å². The van der Waals surface area contributed by atoms with E-state index >= 15 is 0 Å². The fourth-order valence-electron chi connectivity index (χ4n) is 3.01. The van der Waals surface area contributed by atoms with Gasteiger partial charge in [0.1, 0.15) is 0 Å². The van der Waals surface area contributed by atoms with E-state index in [0.29, 0.717) is 0 Å². The molecule has 19 heavy (non-hydrogen) atoms. The average Bonchev–Trinajstić information content (AvgIpc) is 2.47. The smallest absolute Gasteiger partial charge is 0.259 e. The maximum Gasteiger partial charge on any atom is 0.259 e. The van der Waals surface area contributed by atoms with Gasteiger partial charge in [-0.1, -0.05) is 48.6 Å². The fourth-order valence-corrected chi connectivity index (χ4v) is 3.01. The van der Waals surface area contributed by atoms with Crippen LogP contribution in [0.2, 0.25) is 0 Å². The second kappa shape index (κ2) is 3.82. The Bertz CT molecular complexity index is 702. The van der Waals surface area contributed by atoms with Crippen molar-refractivity contribution in [2.45, 2.75) is 12.5 Å². The third-order valence-electron chi connectivity index (χ3n) is 3.92. The molecule has 2 aromatic rings. The Hall–Kier alpha value is -2.35. The second-order valence-electron chi connectivity index (χ2n) is 5.02. The average molecular weight is 247 g/mol. The first kappa shape index (κ1) is 10.6. The third-order valence-corrected chi connectivity index (χ3v) is 3.92. The van der Waals surface area contributed by atoms with Gasteiger partial charge in [0.2, 0.25) is 0 Å². The highest BCUT2D eigenvalue weighted by Gasteiger charge is 2.34. The summed E-state index contributed by atoms with van der Waals surface area (Å²) in [5.41, 5.74) is 4.13. The summed E-state index contributed by atoms with van der Waals surface area (Å²) in [6.07, 6.45) is 5.15. The number of benzene rings is 2. The van der Waals surface area contributed by atoms with Gasteiger partial charge >= 0.3 is 0 Å². The van der Waals surface area contributed by atoms with Gasteiger partial charge in [-0.05, 0) is 29.7 Å². The van der Waals surface area contributed by atoms with E-state index in [9.17, 15) is 4.79 Å². The van der Waals surface area contributed by atoms with E-state index in [1.807, 2.05) is 41.3 Å². The molecular formula is C17H13NO. The largest absolute Gasteiger partial charge is 0.301 e. The normalized spacial score (nSPS) is 19.7. The highest BCUT2D eigenvalue weighted by Crippen LogP contribution is 2.35. The number of carbonyl (C=O) groups is 1. The Balaban J connectivity index is 1.90. The van der Waals surface area contributed by atoms with Gasteiger partial charge in [-0.2, -0.15) is 0 Å². The van der Waals surface area contributed by atoms with Crippen LogP contribution in [0.4, 0.5) is 5.69 Å². The van der Waals surface area contributed by atoms with Gasteiger partial charge < -0.3 is 4.90 Å². The zero-order valence-corrected chi connectivity index (χ0v) is 10.4. The first-order valence-electron chi connectivity index (χ1n) is 6.53. The van der Waals surface area contributed by atoms with Crippen molar-refractivity contribution in [2.24, 2.45) is 0 Å².